The van der Waals surface area contributed by atoms with E-state index in [-0.39, 0.29) is 66.1 Å². The Bertz CT molecular complexity index is 1590. The number of hydrogen-bond donors (Lipinski definition) is 5. The monoisotopic (exact) mass is 845 g/mol. The van der Waals surface area contributed by atoms with Crippen LogP contribution in [-0.2, 0) is 33.4 Å². The molecule has 5 N–H and O–H groups in total. The average Bonchev–Trinajstić information content (AvgIpc) is 3.48. The molecule has 5 fully saturated rings. The highest BCUT2D eigenvalue weighted by Gasteiger charge is 2.68. The van der Waals surface area contributed by atoms with E-state index in [0.717, 1.165) is 37.7 Å². The van der Waals surface area contributed by atoms with Crippen LogP contribution in [0.3, 0.4) is 0 Å². The summed E-state index contributed by atoms with van der Waals surface area (Å²) in [6, 6.07) is -0.568. The van der Waals surface area contributed by atoms with Crippen molar-refractivity contribution in [2.24, 2.45) is 40.4 Å². The van der Waals surface area contributed by atoms with E-state index in [9.17, 15) is 39.6 Å². The molecule has 0 aromatic heterocycles. The number of ether oxygens (including phenoxy) is 3. The van der Waals surface area contributed by atoms with Crippen molar-refractivity contribution in [1.82, 2.24) is 10.2 Å². The second-order valence-electron chi connectivity index (χ2n) is 20.3. The second kappa shape index (κ2) is 19.2. The van der Waals surface area contributed by atoms with E-state index in [1.54, 1.807) is 19.9 Å². The number of allylic oxidation sites excluding steroid dienone is 1. The zero-order chi connectivity index (χ0) is 43.7. The van der Waals surface area contributed by atoms with Crippen LogP contribution in [0.25, 0.3) is 0 Å². The molecule has 0 bridgehead atoms. The fraction of sp³-hybridized carbons (Fsp3) is 0.872. The van der Waals surface area contributed by atoms with Crippen LogP contribution in [0.5, 0.6) is 0 Å². The first-order valence-electron chi connectivity index (χ1n) is 23.4. The van der Waals surface area contributed by atoms with Crippen molar-refractivity contribution >= 4 is 23.4 Å². The van der Waals surface area contributed by atoms with Gasteiger partial charge in [0.25, 0.3) is 5.91 Å². The number of ketones is 2. The maximum Gasteiger partial charge on any atom is 0.309 e. The molecule has 340 valence electrons. The van der Waals surface area contributed by atoms with Gasteiger partial charge in [-0.05, 0) is 133 Å². The van der Waals surface area contributed by atoms with Crippen LogP contribution < -0.4 is 5.32 Å². The van der Waals surface area contributed by atoms with E-state index in [0.29, 0.717) is 64.5 Å². The van der Waals surface area contributed by atoms with Crippen molar-refractivity contribution in [3.63, 3.8) is 0 Å². The van der Waals surface area contributed by atoms with Gasteiger partial charge in [-0.25, -0.2) is 0 Å². The Morgan fingerprint density at radius 1 is 0.967 bits per heavy atom. The Labute approximate surface area is 357 Å². The first kappa shape index (κ1) is 47.2. The summed E-state index contributed by atoms with van der Waals surface area (Å²) in [6.07, 6.45) is 4.93. The van der Waals surface area contributed by atoms with Crippen LogP contribution in [-0.4, -0.2) is 123 Å². The number of nitrogens with one attached hydrogen (secondary N) is 1. The van der Waals surface area contributed by atoms with Gasteiger partial charge in [0.15, 0.2) is 12.1 Å². The summed E-state index contributed by atoms with van der Waals surface area (Å²) >= 11 is 0. The first-order chi connectivity index (χ1) is 28.3. The molecule has 2 saturated heterocycles. The molecule has 13 heteroatoms. The minimum atomic E-state index is -1.70. The molecule has 6 aliphatic rings. The van der Waals surface area contributed by atoms with Crippen molar-refractivity contribution in [3.05, 3.63) is 11.6 Å². The second-order valence-corrected chi connectivity index (χ2v) is 20.3. The molecule has 2 aliphatic heterocycles. The quantitative estimate of drug-likeness (QED) is 0.166. The number of carbonyl (C=O) groups excluding carboxylic acids is 4. The van der Waals surface area contributed by atoms with E-state index in [1.165, 1.54) is 0 Å². The lowest BCUT2D eigenvalue weighted by Gasteiger charge is -2.57. The molecule has 13 nitrogen and oxygen atoms in total. The molecule has 0 aromatic carbocycles. The summed E-state index contributed by atoms with van der Waals surface area (Å²) in [4.78, 5) is 55.8. The average molecular weight is 845 g/mol. The zero-order valence-corrected chi connectivity index (χ0v) is 37.4. The molecule has 6 rings (SSSR count). The maximum atomic E-state index is 14.1. The van der Waals surface area contributed by atoms with Crippen molar-refractivity contribution in [2.75, 3.05) is 19.6 Å². The number of cyclic esters (lactones) is 1. The minimum Gasteiger partial charge on any atom is -0.459 e. The fourth-order valence-electron chi connectivity index (χ4n) is 12.6. The third kappa shape index (κ3) is 9.34. The van der Waals surface area contributed by atoms with Gasteiger partial charge in [-0.2, -0.15) is 0 Å². The van der Waals surface area contributed by atoms with Gasteiger partial charge in [-0.1, -0.05) is 40.2 Å². The number of esters is 1. The van der Waals surface area contributed by atoms with Crippen LogP contribution in [0.1, 0.15) is 145 Å². The van der Waals surface area contributed by atoms with E-state index in [1.807, 2.05) is 32.6 Å². The third-order valence-corrected chi connectivity index (χ3v) is 16.3. The van der Waals surface area contributed by atoms with Crippen molar-refractivity contribution in [3.8, 4) is 0 Å². The van der Waals surface area contributed by atoms with Gasteiger partial charge < -0.3 is 40.0 Å². The van der Waals surface area contributed by atoms with Gasteiger partial charge in [0.2, 0.25) is 0 Å². The lowest BCUT2D eigenvalue weighted by molar-refractivity contribution is -0.236. The lowest BCUT2D eigenvalue weighted by atomic mass is 9.46. The van der Waals surface area contributed by atoms with Crippen molar-refractivity contribution in [2.45, 2.75) is 199 Å². The first-order valence-corrected chi connectivity index (χ1v) is 23.4. The van der Waals surface area contributed by atoms with Gasteiger partial charge in [-0.3, -0.25) is 24.1 Å². The summed E-state index contributed by atoms with van der Waals surface area (Å²) < 4.78 is 18.4. The standard InChI is InChI=1S/C47H76N2O11/c1-8-37-41(54)40(53)30(5)49(22-10-13-35(51)42(27(2)24-28(3)43(55)59-37)60-38-14-9-12-29(4)58-38)23-11-21-48-44(56)47(57)20-18-34-33-16-15-31-25-32(50)17-19-45(31,6)39(33)36(52)26-46(34,47)7/h25,27-30,33-35,37-42,51,53-54,57H,8-24,26H2,1-7H3,(H,48,56)/t27-,28?,29?,30+,33?,34?,35+,37+,38?,39?,40+,41+,42+,45-,46-,47-/m0/s1. The number of carbonyl (C=O) groups is 4. The topological polar surface area (TPSA) is 192 Å². The number of Topliss-reactive ketones (excluding diaryl/α,β-unsaturated/α-hetero) is 1. The van der Waals surface area contributed by atoms with Gasteiger partial charge in [0.05, 0.1) is 30.3 Å². The van der Waals surface area contributed by atoms with Gasteiger partial charge in [0, 0.05) is 43.3 Å². The predicted octanol–water partition coefficient (Wildman–Crippen LogP) is 4.79. The molecule has 0 radical (unpaired) electrons. The molecular weight excluding hydrogens is 769 g/mol. The maximum absolute atomic E-state index is 14.1. The van der Waals surface area contributed by atoms with E-state index >= 15 is 0 Å². The van der Waals surface area contributed by atoms with Crippen LogP contribution in [0, 0.1) is 40.4 Å². The number of aliphatic hydroxyl groups is 4. The molecule has 1 amide bonds. The normalized spacial score (nSPS) is 45.0. The number of nitrogens with zero attached hydrogens (tertiary/aromatic N) is 1. The zero-order valence-electron chi connectivity index (χ0n) is 37.4. The van der Waals surface area contributed by atoms with Gasteiger partial charge in [-0.15, -0.1) is 0 Å². The Balaban J connectivity index is 1.11. The Morgan fingerprint density at radius 2 is 1.72 bits per heavy atom. The number of aliphatic hydroxyl groups excluding tert-OH is 3. The molecule has 16 atom stereocenters. The summed E-state index contributed by atoms with van der Waals surface area (Å²) in [5.74, 6) is -1.60. The third-order valence-electron chi connectivity index (χ3n) is 16.3. The van der Waals surface area contributed by atoms with Crippen LogP contribution in [0.15, 0.2) is 11.6 Å². The molecule has 60 heavy (non-hydrogen) atoms. The summed E-state index contributed by atoms with van der Waals surface area (Å²) in [7, 11) is 0. The van der Waals surface area contributed by atoms with E-state index in [2.05, 4.69) is 12.2 Å². The number of fused-ring (bicyclic) bond motifs is 5. The summed E-state index contributed by atoms with van der Waals surface area (Å²) in [6.45, 7) is 14.6. The summed E-state index contributed by atoms with van der Waals surface area (Å²) in [5.41, 5.74) is -1.87. The Hall–Kier alpha value is -2.26. The Kier molecular flexibility index (Phi) is 15.1. The highest BCUT2D eigenvalue weighted by molar-refractivity contribution is 5.94. The Morgan fingerprint density at radius 3 is 2.43 bits per heavy atom. The molecular formula is C47H76N2O11. The molecule has 6 unspecified atom stereocenters. The smallest absolute Gasteiger partial charge is 0.309 e. The molecule has 0 aromatic rings. The SMILES string of the molecule is CC[C@H]1OC(=O)C(C)C[C@H](C)[C@@H](OC2CCCC(C)O2)[C@H](O)CCCN(CCCNC(=O)[C@@]2(O)CCC3C4CCC5=CC(=O)CC[C@]5(C)C4C(=O)C[C@@]32C)[C@H](C)[C@@H](O)[C@@H]1O. The summed E-state index contributed by atoms with van der Waals surface area (Å²) in [5, 5.41) is 49.8. The number of amides is 1. The number of rotatable bonds is 8. The van der Waals surface area contributed by atoms with E-state index in [4.69, 9.17) is 14.2 Å². The molecule has 0 spiro atoms. The lowest BCUT2D eigenvalue weighted by Crippen LogP contribution is -2.62. The molecule has 3 saturated carbocycles. The molecule has 4 aliphatic carbocycles. The van der Waals surface area contributed by atoms with E-state index < -0.39 is 71.7 Å². The van der Waals surface area contributed by atoms with Gasteiger partial charge >= 0.3 is 5.97 Å². The fourth-order valence-corrected chi connectivity index (χ4v) is 12.6. The van der Waals surface area contributed by atoms with Crippen LogP contribution >= 0.6 is 0 Å². The van der Waals surface area contributed by atoms with Crippen LogP contribution in [0.2, 0.25) is 0 Å². The highest BCUT2D eigenvalue weighted by Crippen LogP contribution is 2.66. The molecule has 2 heterocycles. The van der Waals surface area contributed by atoms with Crippen molar-refractivity contribution in [1.29, 1.82) is 0 Å². The predicted molar refractivity (Wildman–Crippen MR) is 224 cm³/mol. The van der Waals surface area contributed by atoms with Crippen molar-refractivity contribution < 1.29 is 53.8 Å². The minimum absolute atomic E-state index is 0.0114. The highest BCUT2D eigenvalue weighted by atomic mass is 16.7. The van der Waals surface area contributed by atoms with Crippen LogP contribution in [0.4, 0.5) is 0 Å². The largest absolute Gasteiger partial charge is 0.459 e. The number of hydrogen-bond acceptors (Lipinski definition) is 12. The van der Waals surface area contributed by atoms with Gasteiger partial charge in [0.1, 0.15) is 23.6 Å².